The highest BCUT2D eigenvalue weighted by Crippen LogP contribution is 2.38. The van der Waals surface area contributed by atoms with E-state index in [9.17, 15) is 22.0 Å². The Balaban J connectivity index is 1.60. The highest BCUT2D eigenvalue weighted by molar-refractivity contribution is 6.21. The standard InChI is InChI=1S/C26H28ClF5/c1-2-3-4-5-17-6-9-19(10-7-17)21-13-12-20(22(28)16-21)11-8-18-14-23(29)25(24(30)15-18)26(27,31)32/h2-3,12-17,19H,4-11H2,1H3. The van der Waals surface area contributed by atoms with Crippen LogP contribution in [0.4, 0.5) is 22.0 Å². The predicted molar refractivity (Wildman–Crippen MR) is 119 cm³/mol. The summed E-state index contributed by atoms with van der Waals surface area (Å²) in [5, 5.41) is -4.12. The van der Waals surface area contributed by atoms with E-state index in [1.165, 1.54) is 6.42 Å². The van der Waals surface area contributed by atoms with Crippen molar-refractivity contribution in [1.82, 2.24) is 0 Å². The van der Waals surface area contributed by atoms with Crippen LogP contribution >= 0.6 is 11.6 Å². The maximum absolute atomic E-state index is 14.7. The third kappa shape index (κ3) is 6.34. The van der Waals surface area contributed by atoms with Crippen LogP contribution in [0.3, 0.4) is 0 Å². The maximum Gasteiger partial charge on any atom is 0.353 e. The fourth-order valence-corrected chi connectivity index (χ4v) is 4.80. The summed E-state index contributed by atoms with van der Waals surface area (Å²) in [5.41, 5.74) is 0.129. The number of alkyl halides is 3. The van der Waals surface area contributed by atoms with Gasteiger partial charge in [0.05, 0.1) is 0 Å². The topological polar surface area (TPSA) is 0 Å². The van der Waals surface area contributed by atoms with E-state index in [1.54, 1.807) is 12.1 Å². The van der Waals surface area contributed by atoms with Crippen LogP contribution in [-0.4, -0.2) is 0 Å². The van der Waals surface area contributed by atoms with Gasteiger partial charge in [-0.05, 0) is 117 Å². The molecule has 0 amide bonds. The van der Waals surface area contributed by atoms with Gasteiger partial charge >= 0.3 is 5.38 Å². The molecule has 32 heavy (non-hydrogen) atoms. The Morgan fingerprint density at radius 1 is 0.938 bits per heavy atom. The number of halogens is 6. The maximum atomic E-state index is 14.7. The van der Waals surface area contributed by atoms with Crippen LogP contribution in [0.5, 0.6) is 0 Å². The number of allylic oxidation sites excluding steroid dienone is 2. The van der Waals surface area contributed by atoms with E-state index in [0.717, 1.165) is 55.7 Å². The SMILES string of the molecule is CC=CCCC1CCC(c2ccc(CCc3cc(F)c(C(F)(F)Cl)c(F)c3)c(F)c2)CC1. The van der Waals surface area contributed by atoms with Gasteiger partial charge in [0, 0.05) is 0 Å². The van der Waals surface area contributed by atoms with Gasteiger partial charge < -0.3 is 0 Å². The minimum absolute atomic E-state index is 0.121. The lowest BCUT2D eigenvalue weighted by Crippen LogP contribution is -2.13. The molecule has 0 spiro atoms. The second kappa shape index (κ2) is 10.8. The molecule has 0 saturated heterocycles. The molecule has 174 valence electrons. The van der Waals surface area contributed by atoms with Crippen molar-refractivity contribution in [3.05, 3.63) is 82.2 Å². The van der Waals surface area contributed by atoms with Gasteiger partial charge in [0.2, 0.25) is 0 Å². The molecular weight excluding hydrogens is 443 g/mol. The van der Waals surface area contributed by atoms with Crippen LogP contribution < -0.4 is 0 Å². The van der Waals surface area contributed by atoms with Gasteiger partial charge in [-0.2, -0.15) is 8.78 Å². The molecule has 2 aromatic rings. The van der Waals surface area contributed by atoms with Gasteiger partial charge in [0.1, 0.15) is 23.0 Å². The van der Waals surface area contributed by atoms with Crippen LogP contribution in [0.1, 0.15) is 73.6 Å². The molecule has 2 aromatic carbocycles. The first-order valence-corrected chi connectivity index (χ1v) is 11.5. The lowest BCUT2D eigenvalue weighted by Gasteiger charge is -2.28. The summed E-state index contributed by atoms with van der Waals surface area (Å²) < 4.78 is 68.8. The van der Waals surface area contributed by atoms with Gasteiger partial charge in [-0.1, -0.05) is 24.3 Å². The molecule has 6 heteroatoms. The van der Waals surface area contributed by atoms with Crippen molar-refractivity contribution in [3.8, 4) is 0 Å². The Hall–Kier alpha value is -1.88. The van der Waals surface area contributed by atoms with Gasteiger partial charge in [0.25, 0.3) is 0 Å². The van der Waals surface area contributed by atoms with Crippen molar-refractivity contribution in [2.45, 2.75) is 69.6 Å². The highest BCUT2D eigenvalue weighted by atomic mass is 35.5. The lowest BCUT2D eigenvalue weighted by molar-refractivity contribution is 0.0858. The van der Waals surface area contributed by atoms with E-state index >= 15 is 0 Å². The Morgan fingerprint density at radius 3 is 2.16 bits per heavy atom. The second-order valence-corrected chi connectivity index (χ2v) is 9.12. The Kier molecular flexibility index (Phi) is 8.37. The summed E-state index contributed by atoms with van der Waals surface area (Å²) >= 11 is 4.76. The fourth-order valence-electron chi connectivity index (χ4n) is 4.62. The zero-order valence-corrected chi connectivity index (χ0v) is 18.9. The van der Waals surface area contributed by atoms with Crippen LogP contribution in [0.2, 0.25) is 0 Å². The molecule has 0 heterocycles. The Morgan fingerprint density at radius 2 is 1.59 bits per heavy atom. The molecule has 0 atom stereocenters. The van der Waals surface area contributed by atoms with Crippen molar-refractivity contribution in [2.24, 2.45) is 5.92 Å². The summed E-state index contributed by atoms with van der Waals surface area (Å²) in [6, 6.07) is 6.88. The highest BCUT2D eigenvalue weighted by Gasteiger charge is 2.35. The van der Waals surface area contributed by atoms with Crippen molar-refractivity contribution >= 4 is 11.6 Å². The smallest absolute Gasteiger partial charge is 0.207 e. The monoisotopic (exact) mass is 470 g/mol. The molecular formula is C26H28ClF5. The number of aryl methyl sites for hydroxylation is 2. The van der Waals surface area contributed by atoms with Gasteiger partial charge in [-0.25, -0.2) is 13.2 Å². The van der Waals surface area contributed by atoms with Gasteiger partial charge in [-0.15, -0.1) is 0 Å². The fraction of sp³-hybridized carbons (Fsp3) is 0.462. The summed E-state index contributed by atoms with van der Waals surface area (Å²) in [6.07, 6.45) is 11.3. The van der Waals surface area contributed by atoms with Crippen LogP contribution in [0.25, 0.3) is 0 Å². The number of hydrogen-bond donors (Lipinski definition) is 0. The van der Waals surface area contributed by atoms with E-state index in [4.69, 9.17) is 11.6 Å². The summed E-state index contributed by atoms with van der Waals surface area (Å²) in [4.78, 5) is 0. The molecule has 3 rings (SSSR count). The van der Waals surface area contributed by atoms with Crippen molar-refractivity contribution < 1.29 is 22.0 Å². The van der Waals surface area contributed by atoms with E-state index < -0.39 is 22.6 Å². The second-order valence-electron chi connectivity index (χ2n) is 8.65. The van der Waals surface area contributed by atoms with Gasteiger partial charge in [-0.3, -0.25) is 0 Å². The quantitative estimate of drug-likeness (QED) is 0.205. The molecule has 0 radical (unpaired) electrons. The molecule has 0 nitrogen and oxygen atoms in total. The first kappa shape index (κ1) is 24.8. The Bertz CT molecular complexity index is 917. The molecule has 0 N–H and O–H groups in total. The molecule has 1 aliphatic carbocycles. The normalized spacial score (nSPS) is 19.6. The molecule has 1 fully saturated rings. The van der Waals surface area contributed by atoms with E-state index in [1.807, 2.05) is 13.0 Å². The van der Waals surface area contributed by atoms with Crippen molar-refractivity contribution in [2.75, 3.05) is 0 Å². The summed E-state index contributed by atoms with van der Waals surface area (Å²) in [5.74, 6) is -2.07. The molecule has 0 aromatic heterocycles. The van der Waals surface area contributed by atoms with Crippen LogP contribution in [-0.2, 0) is 18.2 Å². The van der Waals surface area contributed by atoms with Gasteiger partial charge in [0.15, 0.2) is 0 Å². The van der Waals surface area contributed by atoms with Crippen LogP contribution in [0.15, 0.2) is 42.5 Å². The predicted octanol–water partition coefficient (Wildman–Crippen LogP) is 8.81. The summed E-state index contributed by atoms with van der Waals surface area (Å²) in [6.45, 7) is 2.03. The molecule has 1 saturated carbocycles. The average molecular weight is 471 g/mol. The summed E-state index contributed by atoms with van der Waals surface area (Å²) in [7, 11) is 0. The van der Waals surface area contributed by atoms with Crippen molar-refractivity contribution in [1.29, 1.82) is 0 Å². The lowest BCUT2D eigenvalue weighted by atomic mass is 9.77. The van der Waals surface area contributed by atoms with Crippen molar-refractivity contribution in [3.63, 3.8) is 0 Å². The van der Waals surface area contributed by atoms with Crippen LogP contribution in [0, 0.1) is 23.4 Å². The molecule has 1 aliphatic rings. The van der Waals surface area contributed by atoms with E-state index in [0.29, 0.717) is 11.5 Å². The molecule has 0 bridgehead atoms. The third-order valence-electron chi connectivity index (χ3n) is 6.44. The minimum atomic E-state index is -4.12. The Labute approximate surface area is 191 Å². The first-order chi connectivity index (χ1) is 15.2. The average Bonchev–Trinajstić information content (AvgIpc) is 2.72. The largest absolute Gasteiger partial charge is 0.353 e. The number of benzene rings is 2. The number of rotatable bonds is 8. The zero-order chi connectivity index (χ0) is 23.3. The zero-order valence-electron chi connectivity index (χ0n) is 18.1. The first-order valence-electron chi connectivity index (χ1n) is 11.1. The molecule has 0 unspecified atom stereocenters. The van der Waals surface area contributed by atoms with E-state index in [2.05, 4.69) is 12.2 Å². The minimum Gasteiger partial charge on any atom is -0.207 e. The number of hydrogen-bond acceptors (Lipinski definition) is 0. The third-order valence-corrected chi connectivity index (χ3v) is 6.63. The van der Waals surface area contributed by atoms with E-state index in [-0.39, 0.29) is 24.2 Å². The molecule has 0 aliphatic heterocycles.